The van der Waals surface area contributed by atoms with Crippen LogP contribution in [0.3, 0.4) is 0 Å². The molecule has 0 aromatic rings. The highest BCUT2D eigenvalue weighted by Crippen LogP contribution is 2.35. The number of hydrogen-bond acceptors (Lipinski definition) is 2. The third kappa shape index (κ3) is 3.31. The second-order valence-corrected chi connectivity index (χ2v) is 7.65. The van der Waals surface area contributed by atoms with Gasteiger partial charge in [0.25, 0.3) is 0 Å². The number of carbonyl (C=O) groups is 1. The summed E-state index contributed by atoms with van der Waals surface area (Å²) in [6.45, 7) is 11.9. The van der Waals surface area contributed by atoms with Gasteiger partial charge >= 0.3 is 0 Å². The van der Waals surface area contributed by atoms with Crippen molar-refractivity contribution < 1.29 is 4.79 Å². The Morgan fingerprint density at radius 1 is 1.21 bits per heavy atom. The van der Waals surface area contributed by atoms with Gasteiger partial charge in [-0.2, -0.15) is 0 Å². The molecule has 0 spiro atoms. The fourth-order valence-corrected chi connectivity index (χ4v) is 3.59. The van der Waals surface area contributed by atoms with Crippen LogP contribution >= 0.6 is 0 Å². The molecule has 2 heterocycles. The molecule has 2 rings (SSSR count). The quantitative estimate of drug-likeness (QED) is 0.791. The van der Waals surface area contributed by atoms with E-state index in [9.17, 15) is 4.79 Å². The average Bonchev–Trinajstić information content (AvgIpc) is 2.64. The molecule has 2 unspecified atom stereocenters. The summed E-state index contributed by atoms with van der Waals surface area (Å²) in [5.74, 6) is 1.08. The molecule has 19 heavy (non-hydrogen) atoms. The molecule has 3 heteroatoms. The van der Waals surface area contributed by atoms with Crippen molar-refractivity contribution in [3.63, 3.8) is 0 Å². The fraction of sp³-hybridized carbons (Fsp3) is 0.938. The first-order valence-electron chi connectivity index (χ1n) is 7.87. The summed E-state index contributed by atoms with van der Waals surface area (Å²) in [6, 6.07) is 0. The first-order chi connectivity index (χ1) is 8.83. The standard InChI is InChI=1S/C16H30N2O/c1-15(2,3)13-7-5-11-18(12-8-13)14(19)16(4)9-6-10-17-16/h13,17H,5-12H2,1-4H3. The molecule has 2 aliphatic heterocycles. The normalized spacial score (nSPS) is 33.3. The lowest BCUT2D eigenvalue weighted by Crippen LogP contribution is -2.53. The van der Waals surface area contributed by atoms with E-state index < -0.39 is 0 Å². The second kappa shape index (κ2) is 5.43. The van der Waals surface area contributed by atoms with Crippen LogP contribution in [-0.2, 0) is 4.79 Å². The molecule has 0 aromatic carbocycles. The maximum atomic E-state index is 12.7. The van der Waals surface area contributed by atoms with Gasteiger partial charge in [-0.15, -0.1) is 0 Å². The van der Waals surface area contributed by atoms with Crippen LogP contribution in [0, 0.1) is 11.3 Å². The molecule has 0 radical (unpaired) electrons. The summed E-state index contributed by atoms with van der Waals surface area (Å²) in [7, 11) is 0. The Kier molecular flexibility index (Phi) is 4.24. The summed E-state index contributed by atoms with van der Waals surface area (Å²) in [5, 5.41) is 3.40. The second-order valence-electron chi connectivity index (χ2n) is 7.65. The van der Waals surface area contributed by atoms with Crippen LogP contribution in [0.15, 0.2) is 0 Å². The zero-order chi connectivity index (χ0) is 14.1. The summed E-state index contributed by atoms with van der Waals surface area (Å²) in [5.41, 5.74) is 0.0795. The van der Waals surface area contributed by atoms with Gasteiger partial charge < -0.3 is 10.2 Å². The van der Waals surface area contributed by atoms with Gasteiger partial charge in [0.15, 0.2) is 0 Å². The van der Waals surface area contributed by atoms with E-state index >= 15 is 0 Å². The molecule has 0 aromatic heterocycles. The summed E-state index contributed by atoms with van der Waals surface area (Å²) in [6.07, 6.45) is 5.69. The van der Waals surface area contributed by atoms with Crippen molar-refractivity contribution in [2.45, 2.75) is 65.3 Å². The number of hydrogen-bond donors (Lipinski definition) is 1. The molecule has 1 N–H and O–H groups in total. The first kappa shape index (κ1) is 14.8. The number of rotatable bonds is 1. The van der Waals surface area contributed by atoms with Crippen molar-refractivity contribution in [3.8, 4) is 0 Å². The van der Waals surface area contributed by atoms with Crippen LogP contribution in [0.25, 0.3) is 0 Å². The van der Waals surface area contributed by atoms with Crippen LogP contribution in [0.4, 0.5) is 0 Å². The molecule has 2 atom stereocenters. The van der Waals surface area contributed by atoms with Crippen molar-refractivity contribution >= 4 is 5.91 Å². The van der Waals surface area contributed by atoms with Crippen molar-refractivity contribution in [2.75, 3.05) is 19.6 Å². The van der Waals surface area contributed by atoms with E-state index in [1.807, 2.05) is 0 Å². The molecule has 2 aliphatic rings. The summed E-state index contributed by atoms with van der Waals surface area (Å²) >= 11 is 0. The Labute approximate surface area is 118 Å². The van der Waals surface area contributed by atoms with E-state index in [-0.39, 0.29) is 5.54 Å². The van der Waals surface area contributed by atoms with Gasteiger partial charge in [0.2, 0.25) is 5.91 Å². The minimum absolute atomic E-state index is 0.290. The van der Waals surface area contributed by atoms with Gasteiger partial charge in [0.05, 0.1) is 5.54 Å². The third-order valence-electron chi connectivity index (χ3n) is 5.08. The van der Waals surface area contributed by atoms with E-state index in [4.69, 9.17) is 0 Å². The molecule has 0 saturated carbocycles. The molecule has 110 valence electrons. The van der Waals surface area contributed by atoms with Crippen LogP contribution in [-0.4, -0.2) is 36.0 Å². The van der Waals surface area contributed by atoms with Crippen LogP contribution in [0.5, 0.6) is 0 Å². The van der Waals surface area contributed by atoms with Gasteiger partial charge in [-0.1, -0.05) is 20.8 Å². The van der Waals surface area contributed by atoms with Crippen LogP contribution in [0.2, 0.25) is 0 Å². The van der Waals surface area contributed by atoms with Crippen LogP contribution < -0.4 is 5.32 Å². The summed E-state index contributed by atoms with van der Waals surface area (Å²) in [4.78, 5) is 14.8. The largest absolute Gasteiger partial charge is 0.341 e. The number of nitrogens with zero attached hydrogens (tertiary/aromatic N) is 1. The van der Waals surface area contributed by atoms with Crippen molar-refractivity contribution in [1.82, 2.24) is 10.2 Å². The SMILES string of the molecule is CC1(C(=O)N2CCCC(C(C)(C)C)CC2)CCCN1. The first-order valence-corrected chi connectivity index (χ1v) is 7.87. The minimum atomic E-state index is -0.290. The van der Waals surface area contributed by atoms with E-state index in [2.05, 4.69) is 37.9 Å². The van der Waals surface area contributed by atoms with E-state index in [1.54, 1.807) is 0 Å². The molecular formula is C16H30N2O. The zero-order valence-electron chi connectivity index (χ0n) is 13.1. The lowest BCUT2D eigenvalue weighted by molar-refractivity contribution is -0.137. The predicted octanol–water partition coefficient (Wildman–Crippen LogP) is 2.80. The predicted molar refractivity (Wildman–Crippen MR) is 79.0 cm³/mol. The zero-order valence-corrected chi connectivity index (χ0v) is 13.1. The molecule has 0 aliphatic carbocycles. The maximum absolute atomic E-state index is 12.7. The van der Waals surface area contributed by atoms with Crippen molar-refractivity contribution in [3.05, 3.63) is 0 Å². The van der Waals surface area contributed by atoms with E-state index in [1.165, 1.54) is 6.42 Å². The fourth-order valence-electron chi connectivity index (χ4n) is 3.59. The number of nitrogens with one attached hydrogen (secondary N) is 1. The van der Waals surface area contributed by atoms with Gasteiger partial charge in [0.1, 0.15) is 0 Å². The Morgan fingerprint density at radius 2 is 1.95 bits per heavy atom. The third-order valence-corrected chi connectivity index (χ3v) is 5.08. The number of amides is 1. The highest BCUT2D eigenvalue weighted by Gasteiger charge is 2.39. The van der Waals surface area contributed by atoms with Gasteiger partial charge in [-0.3, -0.25) is 4.79 Å². The average molecular weight is 266 g/mol. The molecule has 2 saturated heterocycles. The minimum Gasteiger partial charge on any atom is -0.341 e. The van der Waals surface area contributed by atoms with Gasteiger partial charge in [0, 0.05) is 13.1 Å². The topological polar surface area (TPSA) is 32.3 Å². The molecule has 1 amide bonds. The molecule has 3 nitrogen and oxygen atoms in total. The number of likely N-dealkylation sites (tertiary alicyclic amines) is 1. The Hall–Kier alpha value is -0.570. The highest BCUT2D eigenvalue weighted by molar-refractivity contribution is 5.86. The maximum Gasteiger partial charge on any atom is 0.242 e. The smallest absolute Gasteiger partial charge is 0.242 e. The van der Waals surface area contributed by atoms with Crippen molar-refractivity contribution in [1.29, 1.82) is 0 Å². The van der Waals surface area contributed by atoms with E-state index in [0.29, 0.717) is 11.3 Å². The Bertz CT molecular complexity index is 326. The monoisotopic (exact) mass is 266 g/mol. The highest BCUT2D eigenvalue weighted by atomic mass is 16.2. The van der Waals surface area contributed by atoms with Gasteiger partial charge in [-0.05, 0) is 56.9 Å². The van der Waals surface area contributed by atoms with E-state index in [0.717, 1.165) is 51.2 Å². The summed E-state index contributed by atoms with van der Waals surface area (Å²) < 4.78 is 0. The molecular weight excluding hydrogens is 236 g/mol. The lowest BCUT2D eigenvalue weighted by Gasteiger charge is -2.32. The van der Waals surface area contributed by atoms with Gasteiger partial charge in [-0.25, -0.2) is 0 Å². The molecule has 2 fully saturated rings. The number of carbonyl (C=O) groups excluding carboxylic acids is 1. The Balaban J connectivity index is 1.97. The van der Waals surface area contributed by atoms with Crippen LogP contribution in [0.1, 0.15) is 59.8 Å². The molecule has 0 bridgehead atoms. The Morgan fingerprint density at radius 3 is 2.53 bits per heavy atom. The lowest BCUT2D eigenvalue weighted by atomic mass is 9.77. The van der Waals surface area contributed by atoms with Crippen molar-refractivity contribution in [2.24, 2.45) is 11.3 Å².